The number of pyridine rings is 1. The van der Waals surface area contributed by atoms with Crippen molar-refractivity contribution in [3.63, 3.8) is 0 Å². The van der Waals surface area contributed by atoms with Crippen molar-refractivity contribution in [1.29, 1.82) is 0 Å². The van der Waals surface area contributed by atoms with Gasteiger partial charge in [-0.05, 0) is 55.7 Å². The van der Waals surface area contributed by atoms with E-state index in [1.165, 1.54) is 11.1 Å². The third-order valence-electron chi connectivity index (χ3n) is 3.31. The highest BCUT2D eigenvalue weighted by molar-refractivity contribution is 5.93. The summed E-state index contributed by atoms with van der Waals surface area (Å²) in [6, 6.07) is 9.86. The van der Waals surface area contributed by atoms with Gasteiger partial charge in [-0.1, -0.05) is 6.07 Å². The van der Waals surface area contributed by atoms with E-state index in [0.717, 1.165) is 17.8 Å². The van der Waals surface area contributed by atoms with Gasteiger partial charge >= 0.3 is 0 Å². The Morgan fingerprint density at radius 2 is 1.87 bits per heavy atom. The summed E-state index contributed by atoms with van der Waals surface area (Å²) in [5.41, 5.74) is 4.62. The van der Waals surface area contributed by atoms with Crippen LogP contribution in [0.15, 0.2) is 36.5 Å². The number of nitrogens with one attached hydrogen (secondary N) is 2. The van der Waals surface area contributed by atoms with Gasteiger partial charge in [-0.25, -0.2) is 0 Å². The first-order valence-corrected chi connectivity index (χ1v) is 7.67. The predicted molar refractivity (Wildman–Crippen MR) is 92.3 cm³/mol. The molecule has 122 valence electrons. The van der Waals surface area contributed by atoms with Crippen LogP contribution in [-0.4, -0.2) is 31.2 Å². The molecule has 2 aromatic rings. The van der Waals surface area contributed by atoms with Gasteiger partial charge in [0.2, 0.25) is 0 Å². The summed E-state index contributed by atoms with van der Waals surface area (Å²) >= 11 is 0. The van der Waals surface area contributed by atoms with Crippen LogP contribution in [-0.2, 0) is 4.74 Å². The zero-order valence-electron chi connectivity index (χ0n) is 13.8. The van der Waals surface area contributed by atoms with E-state index in [1.54, 1.807) is 19.4 Å². The second kappa shape index (κ2) is 8.29. The summed E-state index contributed by atoms with van der Waals surface area (Å²) in [6.45, 7) is 5.32. The maximum atomic E-state index is 12.1. The SMILES string of the molecule is COCCCNC(=O)c1cc(Nc2cc(C)cc(C)c2)ccn1. The lowest BCUT2D eigenvalue weighted by atomic mass is 10.1. The molecule has 23 heavy (non-hydrogen) atoms. The molecule has 0 aliphatic rings. The Bertz CT molecular complexity index is 651. The van der Waals surface area contributed by atoms with Crippen LogP contribution in [0.1, 0.15) is 28.0 Å². The number of hydrogen-bond acceptors (Lipinski definition) is 4. The van der Waals surface area contributed by atoms with E-state index >= 15 is 0 Å². The molecule has 0 aliphatic heterocycles. The van der Waals surface area contributed by atoms with Crippen LogP contribution in [0.25, 0.3) is 0 Å². The molecule has 0 radical (unpaired) electrons. The number of aromatic nitrogens is 1. The predicted octanol–water partition coefficient (Wildman–Crippen LogP) is 3.21. The van der Waals surface area contributed by atoms with Gasteiger partial charge in [-0.3, -0.25) is 9.78 Å². The van der Waals surface area contributed by atoms with E-state index in [2.05, 4.69) is 47.7 Å². The molecule has 5 heteroatoms. The Morgan fingerprint density at radius 3 is 2.57 bits per heavy atom. The number of rotatable bonds is 7. The van der Waals surface area contributed by atoms with E-state index < -0.39 is 0 Å². The third-order valence-corrected chi connectivity index (χ3v) is 3.31. The number of nitrogens with zero attached hydrogens (tertiary/aromatic N) is 1. The van der Waals surface area contributed by atoms with E-state index in [0.29, 0.717) is 18.8 Å². The number of ether oxygens (including phenoxy) is 1. The maximum absolute atomic E-state index is 12.1. The molecule has 0 spiro atoms. The first kappa shape index (κ1) is 17.0. The van der Waals surface area contributed by atoms with Gasteiger partial charge in [-0.2, -0.15) is 0 Å². The molecular weight excluding hydrogens is 290 g/mol. The van der Waals surface area contributed by atoms with Crippen LogP contribution in [0.5, 0.6) is 0 Å². The minimum absolute atomic E-state index is 0.176. The van der Waals surface area contributed by atoms with Crippen LogP contribution < -0.4 is 10.6 Å². The number of anilines is 2. The lowest BCUT2D eigenvalue weighted by Crippen LogP contribution is -2.26. The fraction of sp³-hybridized carbons (Fsp3) is 0.333. The molecule has 0 bridgehead atoms. The molecule has 0 aliphatic carbocycles. The van der Waals surface area contributed by atoms with E-state index in [-0.39, 0.29) is 5.91 Å². The minimum atomic E-state index is -0.176. The standard InChI is InChI=1S/C18H23N3O2/c1-13-9-14(2)11-16(10-13)21-15-5-7-19-17(12-15)18(22)20-6-4-8-23-3/h5,7,9-12H,4,6,8H2,1-3H3,(H,19,21)(H,20,22). The van der Waals surface area contributed by atoms with Gasteiger partial charge < -0.3 is 15.4 Å². The molecule has 2 N–H and O–H groups in total. The smallest absolute Gasteiger partial charge is 0.269 e. The highest BCUT2D eigenvalue weighted by atomic mass is 16.5. The van der Waals surface area contributed by atoms with E-state index in [4.69, 9.17) is 4.74 Å². The largest absolute Gasteiger partial charge is 0.385 e. The van der Waals surface area contributed by atoms with Gasteiger partial charge in [-0.15, -0.1) is 0 Å². The first-order chi connectivity index (χ1) is 11.1. The van der Waals surface area contributed by atoms with Crippen LogP contribution in [0.3, 0.4) is 0 Å². The number of amides is 1. The molecule has 0 saturated heterocycles. The summed E-state index contributed by atoms with van der Waals surface area (Å²) in [5, 5.41) is 6.15. The van der Waals surface area contributed by atoms with Crippen molar-refractivity contribution >= 4 is 17.3 Å². The van der Waals surface area contributed by atoms with Crippen molar-refractivity contribution in [3.8, 4) is 0 Å². The monoisotopic (exact) mass is 313 g/mol. The summed E-state index contributed by atoms with van der Waals surface area (Å²) < 4.78 is 4.96. The summed E-state index contributed by atoms with van der Waals surface area (Å²) in [7, 11) is 1.64. The average molecular weight is 313 g/mol. The van der Waals surface area contributed by atoms with Crippen molar-refractivity contribution in [2.45, 2.75) is 20.3 Å². The number of methoxy groups -OCH3 is 1. The zero-order chi connectivity index (χ0) is 16.7. The number of hydrogen-bond donors (Lipinski definition) is 2. The molecule has 1 aromatic carbocycles. The number of carbonyl (C=O) groups is 1. The molecule has 1 amide bonds. The van der Waals surface area contributed by atoms with Crippen molar-refractivity contribution < 1.29 is 9.53 Å². The van der Waals surface area contributed by atoms with Gasteiger partial charge in [0.15, 0.2) is 0 Å². The molecule has 0 atom stereocenters. The van der Waals surface area contributed by atoms with Crippen LogP contribution in [0.2, 0.25) is 0 Å². The van der Waals surface area contributed by atoms with Crippen LogP contribution in [0, 0.1) is 13.8 Å². The average Bonchev–Trinajstić information content (AvgIpc) is 2.50. The third kappa shape index (κ3) is 5.38. The van der Waals surface area contributed by atoms with Gasteiger partial charge in [0, 0.05) is 37.8 Å². The number of benzene rings is 1. The highest BCUT2D eigenvalue weighted by Crippen LogP contribution is 2.19. The quantitative estimate of drug-likeness (QED) is 0.771. The second-order valence-corrected chi connectivity index (χ2v) is 5.53. The summed E-state index contributed by atoms with van der Waals surface area (Å²) in [6.07, 6.45) is 2.41. The molecule has 0 saturated carbocycles. The highest BCUT2D eigenvalue weighted by Gasteiger charge is 2.07. The van der Waals surface area contributed by atoms with Gasteiger partial charge in [0.05, 0.1) is 0 Å². The van der Waals surface area contributed by atoms with Crippen molar-refractivity contribution in [2.24, 2.45) is 0 Å². The molecule has 0 unspecified atom stereocenters. The molecule has 1 aromatic heterocycles. The second-order valence-electron chi connectivity index (χ2n) is 5.53. The lowest BCUT2D eigenvalue weighted by molar-refractivity contribution is 0.0943. The summed E-state index contributed by atoms with van der Waals surface area (Å²) in [5.74, 6) is -0.176. The minimum Gasteiger partial charge on any atom is -0.385 e. The zero-order valence-corrected chi connectivity index (χ0v) is 13.8. The van der Waals surface area contributed by atoms with Crippen LogP contribution in [0.4, 0.5) is 11.4 Å². The van der Waals surface area contributed by atoms with Crippen molar-refractivity contribution in [1.82, 2.24) is 10.3 Å². The maximum Gasteiger partial charge on any atom is 0.269 e. The van der Waals surface area contributed by atoms with Crippen molar-refractivity contribution in [3.05, 3.63) is 53.3 Å². The summed E-state index contributed by atoms with van der Waals surface area (Å²) in [4.78, 5) is 16.2. The fourth-order valence-corrected chi connectivity index (χ4v) is 2.35. The fourth-order valence-electron chi connectivity index (χ4n) is 2.35. The Balaban J connectivity index is 2.03. The number of aryl methyl sites for hydroxylation is 2. The Hall–Kier alpha value is -2.40. The molecule has 1 heterocycles. The van der Waals surface area contributed by atoms with Crippen molar-refractivity contribution in [2.75, 3.05) is 25.6 Å². The first-order valence-electron chi connectivity index (χ1n) is 7.67. The molecule has 0 fully saturated rings. The van der Waals surface area contributed by atoms with E-state index in [9.17, 15) is 4.79 Å². The van der Waals surface area contributed by atoms with Gasteiger partial charge in [0.1, 0.15) is 5.69 Å². The van der Waals surface area contributed by atoms with E-state index in [1.807, 2.05) is 6.07 Å². The topological polar surface area (TPSA) is 63.2 Å². The van der Waals surface area contributed by atoms with Gasteiger partial charge in [0.25, 0.3) is 5.91 Å². The Labute approximate surface area is 137 Å². The normalized spacial score (nSPS) is 10.4. The van der Waals surface area contributed by atoms with Crippen LogP contribution >= 0.6 is 0 Å². The number of carbonyl (C=O) groups excluding carboxylic acids is 1. The molecule has 5 nitrogen and oxygen atoms in total. The lowest BCUT2D eigenvalue weighted by Gasteiger charge is -2.10. The Kier molecular flexibility index (Phi) is 6.11. The molecule has 2 rings (SSSR count). The molecular formula is C18H23N3O2. The Morgan fingerprint density at radius 1 is 1.13 bits per heavy atom.